The SMILES string of the molecule is Cc1nc(COc2cccc(/C=C/C(=O)NCCc3c[nH]c4ccccc34)c2)cs1. The topological polar surface area (TPSA) is 67.0 Å². The molecule has 0 aliphatic rings. The molecule has 2 aromatic carbocycles. The largest absolute Gasteiger partial charge is 0.487 e. The first kappa shape index (κ1) is 19.9. The molecule has 4 rings (SSSR count). The van der Waals surface area contributed by atoms with E-state index in [4.69, 9.17) is 4.74 Å². The fourth-order valence-corrected chi connectivity index (χ4v) is 3.83. The van der Waals surface area contributed by atoms with Gasteiger partial charge in [0.05, 0.1) is 10.7 Å². The summed E-state index contributed by atoms with van der Waals surface area (Å²) >= 11 is 1.61. The van der Waals surface area contributed by atoms with Gasteiger partial charge in [0.15, 0.2) is 0 Å². The molecule has 6 heteroatoms. The summed E-state index contributed by atoms with van der Waals surface area (Å²) in [6.07, 6.45) is 6.13. The summed E-state index contributed by atoms with van der Waals surface area (Å²) in [7, 11) is 0. The highest BCUT2D eigenvalue weighted by Gasteiger charge is 2.04. The van der Waals surface area contributed by atoms with Crippen molar-refractivity contribution in [2.24, 2.45) is 0 Å². The molecular formula is C24H23N3O2S. The first-order valence-corrected chi connectivity index (χ1v) is 10.7. The minimum absolute atomic E-state index is 0.112. The molecule has 1 amide bonds. The number of hydrogen-bond acceptors (Lipinski definition) is 4. The number of aromatic nitrogens is 2. The maximum absolute atomic E-state index is 12.2. The number of rotatable bonds is 8. The predicted octanol–water partition coefficient (Wildman–Crippen LogP) is 4.88. The molecule has 0 saturated heterocycles. The van der Waals surface area contributed by atoms with Gasteiger partial charge < -0.3 is 15.0 Å². The zero-order chi connectivity index (χ0) is 20.8. The van der Waals surface area contributed by atoms with Gasteiger partial charge in [-0.25, -0.2) is 4.98 Å². The summed E-state index contributed by atoms with van der Waals surface area (Å²) in [5, 5.41) is 7.17. The van der Waals surface area contributed by atoms with Crippen LogP contribution in [0.5, 0.6) is 5.75 Å². The van der Waals surface area contributed by atoms with Gasteiger partial charge >= 0.3 is 0 Å². The third kappa shape index (κ3) is 5.15. The third-order valence-corrected chi connectivity index (χ3v) is 5.53. The molecule has 0 radical (unpaired) electrons. The van der Waals surface area contributed by atoms with E-state index in [0.717, 1.165) is 34.0 Å². The Bertz CT molecular complexity index is 1180. The molecule has 2 aromatic heterocycles. The monoisotopic (exact) mass is 417 g/mol. The van der Waals surface area contributed by atoms with Gasteiger partial charge in [-0.3, -0.25) is 4.79 Å². The fraction of sp³-hybridized carbons (Fsp3) is 0.167. The van der Waals surface area contributed by atoms with Crippen LogP contribution in [0, 0.1) is 6.92 Å². The van der Waals surface area contributed by atoms with Gasteiger partial charge in [0.1, 0.15) is 12.4 Å². The van der Waals surface area contributed by atoms with Crippen molar-refractivity contribution in [3.63, 3.8) is 0 Å². The minimum Gasteiger partial charge on any atom is -0.487 e. The van der Waals surface area contributed by atoms with E-state index in [-0.39, 0.29) is 5.91 Å². The van der Waals surface area contributed by atoms with E-state index in [0.29, 0.717) is 13.2 Å². The van der Waals surface area contributed by atoms with Crippen LogP contribution in [-0.4, -0.2) is 22.4 Å². The van der Waals surface area contributed by atoms with Crippen molar-refractivity contribution in [1.82, 2.24) is 15.3 Å². The van der Waals surface area contributed by atoms with Crippen molar-refractivity contribution >= 4 is 34.2 Å². The lowest BCUT2D eigenvalue weighted by Crippen LogP contribution is -2.23. The van der Waals surface area contributed by atoms with E-state index in [9.17, 15) is 4.79 Å². The van der Waals surface area contributed by atoms with Gasteiger partial charge in [0.2, 0.25) is 5.91 Å². The van der Waals surface area contributed by atoms with Crippen LogP contribution >= 0.6 is 11.3 Å². The fourth-order valence-electron chi connectivity index (χ4n) is 3.23. The summed E-state index contributed by atoms with van der Waals surface area (Å²) < 4.78 is 5.80. The smallest absolute Gasteiger partial charge is 0.244 e. The van der Waals surface area contributed by atoms with Gasteiger partial charge in [-0.05, 0) is 48.7 Å². The highest BCUT2D eigenvalue weighted by atomic mass is 32.1. The number of amides is 1. The number of thiazole rings is 1. The van der Waals surface area contributed by atoms with Gasteiger partial charge in [0.25, 0.3) is 0 Å². The molecule has 30 heavy (non-hydrogen) atoms. The van der Waals surface area contributed by atoms with E-state index < -0.39 is 0 Å². The maximum Gasteiger partial charge on any atom is 0.244 e. The van der Waals surface area contributed by atoms with Crippen LogP contribution in [0.1, 0.15) is 21.8 Å². The number of fused-ring (bicyclic) bond motifs is 1. The number of carbonyl (C=O) groups is 1. The second-order valence-corrected chi connectivity index (χ2v) is 8.02. The van der Waals surface area contributed by atoms with Crippen molar-refractivity contribution in [2.45, 2.75) is 20.0 Å². The number of carbonyl (C=O) groups excluding carboxylic acids is 1. The third-order valence-electron chi connectivity index (χ3n) is 4.71. The Labute approximate surface area is 179 Å². The predicted molar refractivity (Wildman–Crippen MR) is 122 cm³/mol. The van der Waals surface area contributed by atoms with Gasteiger partial charge in [0, 0.05) is 35.1 Å². The van der Waals surface area contributed by atoms with Crippen LogP contribution in [0.2, 0.25) is 0 Å². The highest BCUT2D eigenvalue weighted by molar-refractivity contribution is 7.09. The molecule has 4 aromatic rings. The number of hydrogen-bond donors (Lipinski definition) is 2. The van der Waals surface area contributed by atoms with E-state index >= 15 is 0 Å². The van der Waals surface area contributed by atoms with Gasteiger partial charge in [-0.1, -0.05) is 30.3 Å². The standard InChI is InChI=1S/C24H23N3O2S/c1-17-27-20(16-30-17)15-29-21-6-4-5-18(13-21)9-10-24(28)25-12-11-19-14-26-23-8-3-2-7-22(19)23/h2-10,13-14,16,26H,11-12,15H2,1H3,(H,25,28)/b10-9+. The summed E-state index contributed by atoms with van der Waals surface area (Å²) in [4.78, 5) is 19.8. The van der Waals surface area contributed by atoms with Crippen molar-refractivity contribution in [2.75, 3.05) is 6.54 Å². The number of nitrogens with one attached hydrogen (secondary N) is 2. The molecule has 0 saturated carbocycles. The molecule has 2 heterocycles. The van der Waals surface area contributed by atoms with Crippen molar-refractivity contribution in [3.05, 3.63) is 88.0 Å². The molecule has 5 nitrogen and oxygen atoms in total. The van der Waals surface area contributed by atoms with Gasteiger partial charge in [-0.2, -0.15) is 0 Å². The number of nitrogens with zero attached hydrogens (tertiary/aromatic N) is 1. The van der Waals surface area contributed by atoms with Crippen LogP contribution in [0.15, 0.2) is 66.2 Å². The van der Waals surface area contributed by atoms with Crippen molar-refractivity contribution < 1.29 is 9.53 Å². The Hall–Kier alpha value is -3.38. The number of ether oxygens (including phenoxy) is 1. The Morgan fingerprint density at radius 2 is 2.13 bits per heavy atom. The van der Waals surface area contributed by atoms with Crippen LogP contribution in [-0.2, 0) is 17.8 Å². The van der Waals surface area contributed by atoms with E-state index in [2.05, 4.69) is 27.4 Å². The van der Waals surface area contributed by atoms with Crippen molar-refractivity contribution in [1.29, 1.82) is 0 Å². The molecule has 0 unspecified atom stereocenters. The summed E-state index contributed by atoms with van der Waals surface area (Å²) in [6, 6.07) is 15.8. The second kappa shape index (κ2) is 9.41. The van der Waals surface area contributed by atoms with E-state index in [1.807, 2.05) is 54.9 Å². The Morgan fingerprint density at radius 3 is 3.00 bits per heavy atom. The second-order valence-electron chi connectivity index (χ2n) is 6.95. The Balaban J connectivity index is 1.27. The molecule has 2 N–H and O–H groups in total. The highest BCUT2D eigenvalue weighted by Crippen LogP contribution is 2.18. The summed E-state index contributed by atoms with van der Waals surface area (Å²) in [5.41, 5.74) is 4.16. The van der Waals surface area contributed by atoms with Crippen LogP contribution in [0.25, 0.3) is 17.0 Å². The lowest BCUT2D eigenvalue weighted by Gasteiger charge is -2.05. The zero-order valence-electron chi connectivity index (χ0n) is 16.7. The van der Waals surface area contributed by atoms with Crippen molar-refractivity contribution in [3.8, 4) is 5.75 Å². The number of para-hydroxylation sites is 1. The number of H-pyrrole nitrogens is 1. The molecule has 0 aliphatic heterocycles. The number of benzene rings is 2. The maximum atomic E-state index is 12.2. The first-order valence-electron chi connectivity index (χ1n) is 9.82. The van der Waals surface area contributed by atoms with E-state index in [1.165, 1.54) is 10.9 Å². The Kier molecular flexibility index (Phi) is 6.25. The summed E-state index contributed by atoms with van der Waals surface area (Å²) in [6.45, 7) is 3.00. The average Bonchev–Trinajstić information content (AvgIpc) is 3.37. The lowest BCUT2D eigenvalue weighted by molar-refractivity contribution is -0.116. The Morgan fingerprint density at radius 1 is 1.23 bits per heavy atom. The summed E-state index contributed by atoms with van der Waals surface area (Å²) in [5.74, 6) is 0.640. The first-order chi connectivity index (χ1) is 14.7. The zero-order valence-corrected chi connectivity index (χ0v) is 17.5. The lowest BCUT2D eigenvalue weighted by atomic mass is 10.1. The van der Waals surface area contributed by atoms with Crippen LogP contribution in [0.4, 0.5) is 0 Å². The molecule has 152 valence electrons. The molecule has 0 aliphatic carbocycles. The van der Waals surface area contributed by atoms with Gasteiger partial charge in [-0.15, -0.1) is 11.3 Å². The molecule has 0 fully saturated rings. The number of aryl methyl sites for hydroxylation is 1. The molecule has 0 atom stereocenters. The van der Waals surface area contributed by atoms with Crippen LogP contribution in [0.3, 0.4) is 0 Å². The number of aromatic amines is 1. The minimum atomic E-state index is -0.112. The molecule has 0 bridgehead atoms. The quantitative estimate of drug-likeness (QED) is 0.401. The molecule has 0 spiro atoms. The average molecular weight is 418 g/mol. The molecular weight excluding hydrogens is 394 g/mol. The van der Waals surface area contributed by atoms with E-state index in [1.54, 1.807) is 23.5 Å². The van der Waals surface area contributed by atoms with Crippen LogP contribution < -0.4 is 10.1 Å². The normalized spacial score (nSPS) is 11.2.